The highest BCUT2D eigenvalue weighted by Gasteiger charge is 2.49. The molecule has 0 unspecified atom stereocenters. The fourth-order valence-electron chi connectivity index (χ4n) is 6.80. The van der Waals surface area contributed by atoms with Gasteiger partial charge in [-0.15, -0.1) is 0 Å². The fourth-order valence-corrected chi connectivity index (χ4v) is 6.80. The average molecular weight is 596 g/mol. The molecule has 3 aromatic rings. The van der Waals surface area contributed by atoms with Crippen LogP contribution >= 0.6 is 0 Å². The Morgan fingerprint density at radius 3 is 2.44 bits per heavy atom. The number of aromatic nitrogens is 1. The van der Waals surface area contributed by atoms with Gasteiger partial charge in [0.25, 0.3) is 0 Å². The third-order valence-electron chi connectivity index (χ3n) is 8.88. The van der Waals surface area contributed by atoms with E-state index in [1.807, 2.05) is 17.0 Å². The van der Waals surface area contributed by atoms with E-state index in [4.69, 9.17) is 0 Å². The molecule has 0 aliphatic carbocycles. The number of halogens is 4. The predicted molar refractivity (Wildman–Crippen MR) is 155 cm³/mol. The first-order valence-electron chi connectivity index (χ1n) is 14.4. The van der Waals surface area contributed by atoms with Crippen molar-refractivity contribution in [1.29, 1.82) is 0 Å². The molecule has 3 aliphatic heterocycles. The minimum atomic E-state index is -4.65. The largest absolute Gasteiger partial charge is 0.416 e. The first kappa shape index (κ1) is 29.1. The van der Waals surface area contributed by atoms with Crippen LogP contribution in [0.4, 0.5) is 34.8 Å². The monoisotopic (exact) mass is 595 g/mol. The van der Waals surface area contributed by atoms with Gasteiger partial charge in [0.1, 0.15) is 17.7 Å². The van der Waals surface area contributed by atoms with E-state index in [0.29, 0.717) is 18.3 Å². The number of aryl methyl sites for hydroxylation is 1. The van der Waals surface area contributed by atoms with Crippen molar-refractivity contribution >= 4 is 29.0 Å². The maximum atomic E-state index is 15.5. The lowest BCUT2D eigenvalue weighted by atomic mass is 9.95. The van der Waals surface area contributed by atoms with Crippen LogP contribution in [0.5, 0.6) is 0 Å². The van der Waals surface area contributed by atoms with E-state index in [2.05, 4.69) is 29.1 Å². The highest BCUT2D eigenvalue weighted by molar-refractivity contribution is 6.10. The van der Waals surface area contributed by atoms with Crippen LogP contribution in [0.2, 0.25) is 0 Å². The molecule has 0 N–H and O–H groups in total. The zero-order valence-electron chi connectivity index (χ0n) is 24.2. The number of fused-ring (bicyclic) bond motifs is 2. The summed E-state index contributed by atoms with van der Waals surface area (Å²) in [5.41, 5.74) is 1.85. The number of pyridine rings is 1. The average Bonchev–Trinajstić information content (AvgIpc) is 3.53. The SMILES string of the molecule is Cc1cc(C(F)(F)F)cc(N2C(=O)C[C@@H]3CN(Cc4ccc([C@H]5CCCN5C)cc4)c4c(F)cccc4N(C)C(=O)[C@H]32)n1. The second-order valence-corrected chi connectivity index (χ2v) is 11.8. The summed E-state index contributed by atoms with van der Waals surface area (Å²) in [6.07, 6.45) is -2.50. The molecule has 0 saturated carbocycles. The number of rotatable bonds is 4. The van der Waals surface area contributed by atoms with E-state index >= 15 is 4.39 Å². The van der Waals surface area contributed by atoms with Crippen LogP contribution in [0.15, 0.2) is 54.6 Å². The van der Waals surface area contributed by atoms with Gasteiger partial charge in [0.15, 0.2) is 0 Å². The van der Waals surface area contributed by atoms with Gasteiger partial charge in [-0.2, -0.15) is 13.2 Å². The summed E-state index contributed by atoms with van der Waals surface area (Å²) in [6.45, 7) is 2.93. The molecular weight excluding hydrogens is 562 g/mol. The summed E-state index contributed by atoms with van der Waals surface area (Å²) in [4.78, 5) is 38.2. The van der Waals surface area contributed by atoms with Crippen molar-refractivity contribution in [2.75, 3.05) is 41.9 Å². The Labute approximate surface area is 247 Å². The van der Waals surface area contributed by atoms with Crippen LogP contribution in [-0.4, -0.2) is 54.9 Å². The van der Waals surface area contributed by atoms with Crippen LogP contribution in [0.3, 0.4) is 0 Å². The summed E-state index contributed by atoms with van der Waals surface area (Å²) in [5, 5.41) is 0. The van der Waals surface area contributed by atoms with Gasteiger partial charge in [-0.1, -0.05) is 30.3 Å². The third kappa shape index (κ3) is 5.35. The Morgan fingerprint density at radius 1 is 1.02 bits per heavy atom. The van der Waals surface area contributed by atoms with Crippen molar-refractivity contribution in [3.63, 3.8) is 0 Å². The molecule has 0 radical (unpaired) electrons. The smallest absolute Gasteiger partial charge is 0.363 e. The van der Waals surface area contributed by atoms with E-state index < -0.39 is 41.3 Å². The molecule has 4 heterocycles. The van der Waals surface area contributed by atoms with Crippen molar-refractivity contribution in [3.05, 3.63) is 82.8 Å². The van der Waals surface area contributed by atoms with Crippen molar-refractivity contribution in [3.8, 4) is 0 Å². The number of para-hydroxylation sites is 1. The molecule has 2 amide bonds. The highest BCUT2D eigenvalue weighted by Crippen LogP contribution is 2.42. The van der Waals surface area contributed by atoms with Gasteiger partial charge >= 0.3 is 6.18 Å². The zero-order chi connectivity index (χ0) is 30.6. The van der Waals surface area contributed by atoms with Crippen molar-refractivity contribution < 1.29 is 27.2 Å². The Balaban J connectivity index is 1.38. The lowest BCUT2D eigenvalue weighted by Crippen LogP contribution is -2.52. The predicted octanol–water partition coefficient (Wildman–Crippen LogP) is 5.72. The van der Waals surface area contributed by atoms with Gasteiger partial charge in [-0.3, -0.25) is 19.4 Å². The normalized spacial score (nSPS) is 23.0. The van der Waals surface area contributed by atoms with Gasteiger partial charge in [0.05, 0.1) is 16.9 Å². The fraction of sp³-hybridized carbons (Fsp3) is 0.406. The number of anilines is 3. The van der Waals surface area contributed by atoms with Crippen molar-refractivity contribution in [2.45, 2.75) is 51.0 Å². The van der Waals surface area contributed by atoms with Crippen LogP contribution in [0.1, 0.15) is 47.7 Å². The molecule has 11 heteroatoms. The minimum absolute atomic E-state index is 0.0778. The lowest BCUT2D eigenvalue weighted by Gasteiger charge is -2.39. The molecule has 0 bridgehead atoms. The van der Waals surface area contributed by atoms with E-state index in [1.165, 1.54) is 36.6 Å². The highest BCUT2D eigenvalue weighted by atomic mass is 19.4. The molecule has 43 heavy (non-hydrogen) atoms. The second-order valence-electron chi connectivity index (χ2n) is 11.8. The van der Waals surface area contributed by atoms with Crippen molar-refractivity contribution in [2.24, 2.45) is 5.92 Å². The number of likely N-dealkylation sites (N-methyl/N-ethyl adjacent to an activating group) is 1. The Bertz CT molecular complexity index is 1560. The third-order valence-corrected chi connectivity index (χ3v) is 8.88. The van der Waals surface area contributed by atoms with E-state index in [1.54, 1.807) is 6.07 Å². The lowest BCUT2D eigenvalue weighted by molar-refractivity contribution is -0.137. The number of carbonyl (C=O) groups excluding carboxylic acids is 2. The number of hydrogen-bond donors (Lipinski definition) is 0. The van der Waals surface area contributed by atoms with E-state index in [9.17, 15) is 22.8 Å². The first-order valence-corrected chi connectivity index (χ1v) is 14.4. The molecule has 2 fully saturated rings. The van der Waals surface area contributed by atoms with Gasteiger partial charge in [0, 0.05) is 44.2 Å². The Morgan fingerprint density at radius 2 is 1.77 bits per heavy atom. The van der Waals surface area contributed by atoms with Crippen LogP contribution < -0.4 is 14.7 Å². The first-order chi connectivity index (χ1) is 20.4. The number of alkyl halides is 3. The maximum Gasteiger partial charge on any atom is 0.416 e. The Kier molecular flexibility index (Phi) is 7.40. The minimum Gasteiger partial charge on any atom is -0.363 e. The quantitative estimate of drug-likeness (QED) is 0.362. The summed E-state index contributed by atoms with van der Waals surface area (Å²) >= 11 is 0. The van der Waals surface area contributed by atoms with Gasteiger partial charge in [-0.05, 0) is 68.8 Å². The summed E-state index contributed by atoms with van der Waals surface area (Å²) < 4.78 is 56.5. The summed E-state index contributed by atoms with van der Waals surface area (Å²) in [7, 11) is 3.61. The molecule has 0 spiro atoms. The molecule has 226 valence electrons. The molecule has 2 aromatic carbocycles. The molecule has 2 saturated heterocycles. The second kappa shape index (κ2) is 10.9. The Hall–Kier alpha value is -3.99. The van der Waals surface area contributed by atoms with Crippen LogP contribution in [-0.2, 0) is 22.3 Å². The number of likely N-dealkylation sites (tertiary alicyclic amines) is 1. The van der Waals surface area contributed by atoms with Crippen molar-refractivity contribution in [1.82, 2.24) is 9.88 Å². The summed E-state index contributed by atoms with van der Waals surface area (Å²) in [6, 6.07) is 13.7. The van der Waals surface area contributed by atoms with E-state index in [0.717, 1.165) is 42.0 Å². The molecule has 3 atom stereocenters. The maximum absolute atomic E-state index is 15.5. The molecule has 3 aliphatic rings. The van der Waals surface area contributed by atoms with Gasteiger partial charge < -0.3 is 9.80 Å². The number of nitrogens with zero attached hydrogens (tertiary/aromatic N) is 5. The van der Waals surface area contributed by atoms with Gasteiger partial charge in [-0.25, -0.2) is 9.37 Å². The number of hydrogen-bond acceptors (Lipinski definition) is 5. The standard InChI is InChI=1S/C32H33F4N5O2/c1-19-14-23(32(34,35)36)16-27(37-19)41-28(42)15-22-18-40(17-20-9-11-21(12-10-20)25-8-5-13-38(25)2)30-24(33)6-4-7-26(30)39(3)31(43)29(22)41/h4,6-7,9-12,14,16,22,25,29H,5,8,13,15,17-18H2,1-3H3/t22-,25-,29+/m1/s1. The van der Waals surface area contributed by atoms with E-state index in [-0.39, 0.29) is 30.2 Å². The van der Waals surface area contributed by atoms with Crippen LogP contribution in [0.25, 0.3) is 0 Å². The number of carbonyl (C=O) groups is 2. The topological polar surface area (TPSA) is 60.0 Å². The molecule has 1 aromatic heterocycles. The number of amides is 2. The summed E-state index contributed by atoms with van der Waals surface area (Å²) in [5.74, 6) is -2.34. The molecule has 6 rings (SSSR count). The molecule has 7 nitrogen and oxygen atoms in total. The van der Waals surface area contributed by atoms with Crippen LogP contribution in [0, 0.1) is 18.7 Å². The number of benzene rings is 2. The molecular formula is C32H33F4N5O2. The zero-order valence-corrected chi connectivity index (χ0v) is 24.2. The van der Waals surface area contributed by atoms with Gasteiger partial charge in [0.2, 0.25) is 11.8 Å².